The second kappa shape index (κ2) is 5.88. The van der Waals surface area contributed by atoms with E-state index >= 15 is 0 Å². The normalized spacial score (nSPS) is 10.4. The molecule has 0 atom stereocenters. The van der Waals surface area contributed by atoms with E-state index in [9.17, 15) is 19.8 Å². The van der Waals surface area contributed by atoms with E-state index in [4.69, 9.17) is 11.6 Å². The summed E-state index contributed by atoms with van der Waals surface area (Å²) in [6, 6.07) is 6.82. The molecule has 3 N–H and O–H groups in total. The third kappa shape index (κ3) is 2.85. The van der Waals surface area contributed by atoms with E-state index in [-0.39, 0.29) is 12.0 Å². The van der Waals surface area contributed by atoms with Crippen LogP contribution < -0.4 is 5.56 Å². The molecule has 0 aliphatic rings. The SMILES string of the molecule is COC(=O)c1c(O)c(Cc2ccccc2Cl)c(O)[nH]c1=O. The average Bonchev–Trinajstić information content (AvgIpc) is 2.44. The Bertz CT molecular complexity index is 754. The lowest BCUT2D eigenvalue weighted by Crippen LogP contribution is -2.20. The monoisotopic (exact) mass is 309 g/mol. The second-order valence-electron chi connectivity index (χ2n) is 4.26. The van der Waals surface area contributed by atoms with Crippen molar-refractivity contribution in [3.63, 3.8) is 0 Å². The van der Waals surface area contributed by atoms with Crippen molar-refractivity contribution in [2.75, 3.05) is 7.11 Å². The lowest BCUT2D eigenvalue weighted by atomic mass is 10.0. The summed E-state index contributed by atoms with van der Waals surface area (Å²) in [5.74, 6) is -2.14. The summed E-state index contributed by atoms with van der Waals surface area (Å²) in [5, 5.41) is 20.3. The Morgan fingerprint density at radius 2 is 2.00 bits per heavy atom. The number of ether oxygens (including phenoxy) is 1. The highest BCUT2D eigenvalue weighted by Crippen LogP contribution is 2.30. The molecule has 7 heteroatoms. The minimum Gasteiger partial charge on any atom is -0.506 e. The minimum absolute atomic E-state index is 0.0110. The van der Waals surface area contributed by atoms with Crippen LogP contribution in [0.5, 0.6) is 11.6 Å². The van der Waals surface area contributed by atoms with Crippen molar-refractivity contribution in [2.24, 2.45) is 0 Å². The quantitative estimate of drug-likeness (QED) is 0.751. The molecule has 0 fully saturated rings. The van der Waals surface area contributed by atoms with E-state index in [1.165, 1.54) is 0 Å². The van der Waals surface area contributed by atoms with Crippen LogP contribution in [0.3, 0.4) is 0 Å². The molecule has 0 amide bonds. The molecule has 1 heterocycles. The zero-order chi connectivity index (χ0) is 15.6. The first kappa shape index (κ1) is 14.9. The first-order chi connectivity index (χ1) is 9.95. The van der Waals surface area contributed by atoms with Crippen molar-refractivity contribution in [1.29, 1.82) is 0 Å². The fourth-order valence-corrected chi connectivity index (χ4v) is 2.11. The molecule has 2 rings (SSSR count). The fraction of sp³-hybridized carbons (Fsp3) is 0.143. The van der Waals surface area contributed by atoms with Crippen LogP contribution in [0.15, 0.2) is 29.1 Å². The van der Waals surface area contributed by atoms with Crippen LogP contribution in [0.25, 0.3) is 0 Å². The number of rotatable bonds is 3. The van der Waals surface area contributed by atoms with Crippen molar-refractivity contribution in [1.82, 2.24) is 4.98 Å². The van der Waals surface area contributed by atoms with Gasteiger partial charge in [-0.05, 0) is 11.6 Å². The van der Waals surface area contributed by atoms with E-state index in [1.54, 1.807) is 24.3 Å². The van der Waals surface area contributed by atoms with Crippen LogP contribution in [0.1, 0.15) is 21.5 Å². The van der Waals surface area contributed by atoms with Gasteiger partial charge in [0.15, 0.2) is 11.4 Å². The summed E-state index contributed by atoms with van der Waals surface area (Å²) in [5.41, 5.74) is -0.882. The molecule has 0 unspecified atom stereocenters. The highest BCUT2D eigenvalue weighted by molar-refractivity contribution is 6.31. The lowest BCUT2D eigenvalue weighted by Gasteiger charge is -2.11. The number of aromatic amines is 1. The lowest BCUT2D eigenvalue weighted by molar-refractivity contribution is 0.0595. The fourth-order valence-electron chi connectivity index (χ4n) is 1.91. The smallest absolute Gasteiger partial charge is 0.347 e. The summed E-state index contributed by atoms with van der Waals surface area (Å²) in [6.45, 7) is 0. The van der Waals surface area contributed by atoms with Crippen LogP contribution >= 0.6 is 11.6 Å². The maximum absolute atomic E-state index is 11.6. The Morgan fingerprint density at radius 3 is 2.62 bits per heavy atom. The van der Waals surface area contributed by atoms with Crippen LogP contribution in [0.2, 0.25) is 5.02 Å². The Labute approximate surface area is 124 Å². The van der Waals surface area contributed by atoms with Crippen LogP contribution in [0.4, 0.5) is 0 Å². The summed E-state index contributed by atoms with van der Waals surface area (Å²) >= 11 is 6.01. The molecule has 0 saturated heterocycles. The first-order valence-corrected chi connectivity index (χ1v) is 6.32. The molecular weight excluding hydrogens is 298 g/mol. The topological polar surface area (TPSA) is 99.6 Å². The van der Waals surface area contributed by atoms with Gasteiger partial charge >= 0.3 is 5.97 Å². The average molecular weight is 310 g/mol. The van der Waals surface area contributed by atoms with Crippen molar-refractivity contribution in [3.8, 4) is 11.6 Å². The van der Waals surface area contributed by atoms with Crippen molar-refractivity contribution < 1.29 is 19.7 Å². The standard InChI is InChI=1S/C14H12ClNO5/c1-21-14(20)10-11(17)8(12(18)16-13(10)19)6-7-4-2-3-5-9(7)15/h2-5H,6H2,1H3,(H3,16,17,18,19). The number of hydrogen-bond acceptors (Lipinski definition) is 5. The van der Waals surface area contributed by atoms with Gasteiger partial charge in [0.1, 0.15) is 5.75 Å². The number of pyridine rings is 1. The number of aromatic nitrogens is 1. The van der Waals surface area contributed by atoms with Gasteiger partial charge in [-0.3, -0.25) is 9.78 Å². The number of carbonyl (C=O) groups excluding carboxylic acids is 1. The highest BCUT2D eigenvalue weighted by Gasteiger charge is 2.23. The summed E-state index contributed by atoms with van der Waals surface area (Å²) in [4.78, 5) is 25.3. The molecular formula is C14H12ClNO5. The first-order valence-electron chi connectivity index (χ1n) is 5.94. The molecule has 0 aliphatic carbocycles. The van der Waals surface area contributed by atoms with Crippen molar-refractivity contribution in [2.45, 2.75) is 6.42 Å². The molecule has 0 bridgehead atoms. The molecule has 0 spiro atoms. The van der Waals surface area contributed by atoms with Gasteiger partial charge in [0, 0.05) is 11.4 Å². The van der Waals surface area contributed by atoms with E-state index in [1.807, 2.05) is 0 Å². The number of esters is 1. The van der Waals surface area contributed by atoms with Crippen molar-refractivity contribution in [3.05, 3.63) is 56.3 Å². The van der Waals surface area contributed by atoms with E-state index in [2.05, 4.69) is 9.72 Å². The van der Waals surface area contributed by atoms with E-state index in [0.717, 1.165) is 7.11 Å². The number of nitrogens with one attached hydrogen (secondary N) is 1. The van der Waals surface area contributed by atoms with Gasteiger partial charge in [0.05, 0.1) is 12.7 Å². The number of carbonyl (C=O) groups is 1. The molecule has 0 radical (unpaired) electrons. The third-order valence-corrected chi connectivity index (χ3v) is 3.35. The Balaban J connectivity index is 2.57. The summed E-state index contributed by atoms with van der Waals surface area (Å²) in [6.07, 6.45) is 0.0398. The zero-order valence-electron chi connectivity index (χ0n) is 11.0. The van der Waals surface area contributed by atoms with Gasteiger partial charge in [0.25, 0.3) is 5.56 Å². The predicted molar refractivity (Wildman–Crippen MR) is 76.0 cm³/mol. The van der Waals surface area contributed by atoms with E-state index in [0.29, 0.717) is 10.6 Å². The summed E-state index contributed by atoms with van der Waals surface area (Å²) < 4.78 is 4.44. The molecule has 110 valence electrons. The predicted octanol–water partition coefficient (Wildman–Crippen LogP) is 1.82. The zero-order valence-corrected chi connectivity index (χ0v) is 11.8. The van der Waals surface area contributed by atoms with Gasteiger partial charge in [0.2, 0.25) is 0 Å². The molecule has 21 heavy (non-hydrogen) atoms. The summed E-state index contributed by atoms with van der Waals surface area (Å²) in [7, 11) is 1.09. The maximum atomic E-state index is 11.6. The number of aromatic hydroxyl groups is 2. The van der Waals surface area contributed by atoms with Gasteiger partial charge in [-0.15, -0.1) is 0 Å². The Morgan fingerprint density at radius 1 is 1.33 bits per heavy atom. The van der Waals surface area contributed by atoms with Gasteiger partial charge in [-0.2, -0.15) is 0 Å². The van der Waals surface area contributed by atoms with Gasteiger partial charge < -0.3 is 14.9 Å². The molecule has 0 saturated carbocycles. The Kier molecular flexibility index (Phi) is 4.18. The third-order valence-electron chi connectivity index (χ3n) is 2.98. The van der Waals surface area contributed by atoms with Gasteiger partial charge in [-0.1, -0.05) is 29.8 Å². The number of benzene rings is 1. The molecule has 1 aromatic carbocycles. The molecule has 0 aliphatic heterocycles. The molecule has 6 nitrogen and oxygen atoms in total. The number of methoxy groups -OCH3 is 1. The van der Waals surface area contributed by atoms with Gasteiger partial charge in [-0.25, -0.2) is 4.79 Å². The van der Waals surface area contributed by atoms with Crippen LogP contribution in [-0.2, 0) is 11.2 Å². The number of H-pyrrole nitrogens is 1. The van der Waals surface area contributed by atoms with Crippen molar-refractivity contribution >= 4 is 17.6 Å². The molecule has 2 aromatic rings. The minimum atomic E-state index is -0.992. The second-order valence-corrected chi connectivity index (χ2v) is 4.67. The molecule has 1 aromatic heterocycles. The number of hydrogen-bond donors (Lipinski definition) is 3. The van der Waals surface area contributed by atoms with Crippen LogP contribution in [0, 0.1) is 0 Å². The Hall–Kier alpha value is -2.47. The van der Waals surface area contributed by atoms with E-state index < -0.39 is 28.7 Å². The highest BCUT2D eigenvalue weighted by atomic mass is 35.5. The van der Waals surface area contributed by atoms with Crippen LogP contribution in [-0.4, -0.2) is 28.3 Å². The maximum Gasteiger partial charge on any atom is 0.347 e. The number of halogens is 1. The largest absolute Gasteiger partial charge is 0.506 e.